The highest BCUT2D eigenvalue weighted by molar-refractivity contribution is 5.26. The summed E-state index contributed by atoms with van der Waals surface area (Å²) < 4.78 is 0. The van der Waals surface area contributed by atoms with Crippen LogP contribution in [0.3, 0.4) is 0 Å². The van der Waals surface area contributed by atoms with Crippen LogP contribution in [-0.4, -0.2) is 44.8 Å². The first kappa shape index (κ1) is 18.1. The fourth-order valence-corrected chi connectivity index (χ4v) is 5.60. The monoisotopic (exact) mass is 336 g/mol. The second kappa shape index (κ2) is 6.24. The van der Waals surface area contributed by atoms with E-state index in [2.05, 4.69) is 6.92 Å². The third-order valence-corrected chi connectivity index (χ3v) is 6.80. The number of allylic oxidation sites excluding steroid dienone is 1. The summed E-state index contributed by atoms with van der Waals surface area (Å²) in [5.41, 5.74) is 0.774. The summed E-state index contributed by atoms with van der Waals surface area (Å²) >= 11 is 0. The molecule has 3 aliphatic carbocycles. The number of hydrogen-bond donors (Lipinski definition) is 4. The highest BCUT2D eigenvalue weighted by atomic mass is 16.3. The molecule has 4 N–H and O–H groups in total. The predicted molar refractivity (Wildman–Crippen MR) is 93.2 cm³/mol. The van der Waals surface area contributed by atoms with Crippen molar-refractivity contribution < 1.29 is 20.4 Å². The molecule has 2 saturated carbocycles. The van der Waals surface area contributed by atoms with Crippen molar-refractivity contribution in [1.82, 2.24) is 0 Å². The third kappa shape index (κ3) is 2.88. The van der Waals surface area contributed by atoms with Gasteiger partial charge in [-0.05, 0) is 62.9 Å². The van der Waals surface area contributed by atoms with Crippen LogP contribution in [-0.2, 0) is 0 Å². The SMILES string of the molecule is CC(C)=CC1C=C(CO)[C@H]2CC[C@@]3(C)C[C@](O)(CC[C@H]3O)[C@@H]2[C@H]1O. The van der Waals surface area contributed by atoms with Gasteiger partial charge in [-0.25, -0.2) is 0 Å². The van der Waals surface area contributed by atoms with Gasteiger partial charge in [0, 0.05) is 11.8 Å². The minimum atomic E-state index is -0.975. The van der Waals surface area contributed by atoms with Crippen molar-refractivity contribution in [1.29, 1.82) is 0 Å². The van der Waals surface area contributed by atoms with Crippen LogP contribution in [0.2, 0.25) is 0 Å². The first-order chi connectivity index (χ1) is 11.2. The Morgan fingerprint density at radius 3 is 2.58 bits per heavy atom. The predicted octanol–water partition coefficient (Wildman–Crippen LogP) is 2.17. The Morgan fingerprint density at radius 1 is 1.25 bits per heavy atom. The van der Waals surface area contributed by atoms with Crippen molar-refractivity contribution >= 4 is 0 Å². The molecule has 0 aromatic heterocycles. The molecule has 0 amide bonds. The fourth-order valence-electron chi connectivity index (χ4n) is 5.60. The van der Waals surface area contributed by atoms with Gasteiger partial charge in [-0.2, -0.15) is 0 Å². The van der Waals surface area contributed by atoms with Gasteiger partial charge in [-0.1, -0.05) is 24.6 Å². The summed E-state index contributed by atoms with van der Waals surface area (Å²) in [6.45, 7) is 6.03. The minimum Gasteiger partial charge on any atom is -0.393 e. The summed E-state index contributed by atoms with van der Waals surface area (Å²) in [6.07, 6.45) is 6.21. The number of aliphatic hydroxyl groups is 4. The summed E-state index contributed by atoms with van der Waals surface area (Å²) in [4.78, 5) is 0. The quantitative estimate of drug-likeness (QED) is 0.583. The maximum absolute atomic E-state index is 11.5. The van der Waals surface area contributed by atoms with E-state index >= 15 is 0 Å². The second-order valence-corrected chi connectivity index (χ2v) is 8.87. The van der Waals surface area contributed by atoms with Gasteiger partial charge in [0.05, 0.1) is 24.4 Å². The smallest absolute Gasteiger partial charge is 0.0713 e. The van der Waals surface area contributed by atoms with Gasteiger partial charge in [0.15, 0.2) is 0 Å². The van der Waals surface area contributed by atoms with E-state index in [1.54, 1.807) is 0 Å². The average molecular weight is 336 g/mol. The van der Waals surface area contributed by atoms with Crippen molar-refractivity contribution in [2.24, 2.45) is 23.2 Å². The van der Waals surface area contributed by atoms with Crippen molar-refractivity contribution in [3.8, 4) is 0 Å². The Bertz CT molecular complexity index is 550. The average Bonchev–Trinajstić information content (AvgIpc) is 2.60. The molecule has 0 aromatic carbocycles. The number of fused-ring (bicyclic) bond motifs is 4. The number of aliphatic hydroxyl groups excluding tert-OH is 3. The molecule has 2 fully saturated rings. The molecule has 0 heterocycles. The van der Waals surface area contributed by atoms with Gasteiger partial charge >= 0.3 is 0 Å². The molecule has 136 valence electrons. The molecule has 7 atom stereocenters. The first-order valence-electron chi connectivity index (χ1n) is 9.25. The highest BCUT2D eigenvalue weighted by Crippen LogP contribution is 2.57. The van der Waals surface area contributed by atoms with E-state index in [0.29, 0.717) is 19.3 Å². The molecule has 1 unspecified atom stereocenters. The topological polar surface area (TPSA) is 80.9 Å². The van der Waals surface area contributed by atoms with Crippen LogP contribution in [0.25, 0.3) is 0 Å². The van der Waals surface area contributed by atoms with Crippen molar-refractivity contribution in [3.05, 3.63) is 23.3 Å². The van der Waals surface area contributed by atoms with E-state index in [4.69, 9.17) is 0 Å². The molecule has 4 heteroatoms. The van der Waals surface area contributed by atoms with Gasteiger partial charge in [0.2, 0.25) is 0 Å². The van der Waals surface area contributed by atoms with E-state index in [9.17, 15) is 20.4 Å². The van der Waals surface area contributed by atoms with Gasteiger partial charge in [0.1, 0.15) is 0 Å². The van der Waals surface area contributed by atoms with Crippen LogP contribution < -0.4 is 0 Å². The molecule has 3 aliphatic rings. The van der Waals surface area contributed by atoms with E-state index in [-0.39, 0.29) is 29.8 Å². The van der Waals surface area contributed by atoms with Crippen LogP contribution in [0.4, 0.5) is 0 Å². The van der Waals surface area contributed by atoms with Crippen LogP contribution in [0.5, 0.6) is 0 Å². The zero-order chi connectivity index (χ0) is 17.7. The molecule has 0 aromatic rings. The van der Waals surface area contributed by atoms with E-state index < -0.39 is 17.8 Å². The standard InChI is InChI=1S/C20H32O4/c1-12(2)8-13-9-14(10-21)15-4-6-19(3)11-20(24,7-5-16(19)22)17(15)18(13)23/h8-9,13,15-18,21-24H,4-7,10-11H2,1-3H3/t13?,15-,16-,17+,18+,19+,20-/m1/s1. The lowest BCUT2D eigenvalue weighted by atomic mass is 9.59. The van der Waals surface area contributed by atoms with Crippen LogP contribution in [0.15, 0.2) is 23.3 Å². The summed E-state index contributed by atoms with van der Waals surface area (Å²) in [6, 6.07) is 0. The van der Waals surface area contributed by atoms with Crippen LogP contribution >= 0.6 is 0 Å². The molecule has 3 rings (SSSR count). The molecule has 0 radical (unpaired) electrons. The summed E-state index contributed by atoms with van der Waals surface area (Å²) in [5, 5.41) is 42.9. The lowest BCUT2D eigenvalue weighted by Gasteiger charge is -2.51. The number of hydrogen-bond acceptors (Lipinski definition) is 4. The van der Waals surface area contributed by atoms with E-state index in [1.165, 1.54) is 0 Å². The van der Waals surface area contributed by atoms with Gasteiger partial charge in [-0.3, -0.25) is 0 Å². The Hall–Kier alpha value is -0.680. The van der Waals surface area contributed by atoms with Crippen LogP contribution in [0, 0.1) is 23.2 Å². The second-order valence-electron chi connectivity index (χ2n) is 8.87. The molecular formula is C20H32O4. The van der Waals surface area contributed by atoms with Crippen molar-refractivity contribution in [2.45, 2.75) is 70.7 Å². The zero-order valence-electron chi connectivity index (χ0n) is 15.1. The molecule has 2 bridgehead atoms. The molecular weight excluding hydrogens is 304 g/mol. The molecule has 0 aliphatic heterocycles. The highest BCUT2D eigenvalue weighted by Gasteiger charge is 2.58. The van der Waals surface area contributed by atoms with Crippen molar-refractivity contribution in [2.75, 3.05) is 6.61 Å². The van der Waals surface area contributed by atoms with Crippen molar-refractivity contribution in [3.63, 3.8) is 0 Å². The normalized spacial score (nSPS) is 48.1. The molecule has 0 saturated heterocycles. The molecule has 4 nitrogen and oxygen atoms in total. The summed E-state index contributed by atoms with van der Waals surface area (Å²) in [7, 11) is 0. The largest absolute Gasteiger partial charge is 0.393 e. The Labute approximate surface area is 144 Å². The molecule has 24 heavy (non-hydrogen) atoms. The third-order valence-electron chi connectivity index (χ3n) is 6.80. The summed E-state index contributed by atoms with van der Waals surface area (Å²) in [5.74, 6) is -0.456. The lowest BCUT2D eigenvalue weighted by Crippen LogP contribution is -2.56. The van der Waals surface area contributed by atoms with E-state index in [1.807, 2.05) is 26.0 Å². The van der Waals surface area contributed by atoms with Gasteiger partial charge < -0.3 is 20.4 Å². The maximum atomic E-state index is 11.5. The minimum absolute atomic E-state index is 0.0102. The lowest BCUT2D eigenvalue weighted by molar-refractivity contribution is -0.156. The van der Waals surface area contributed by atoms with Crippen LogP contribution in [0.1, 0.15) is 52.9 Å². The Balaban J connectivity index is 2.05. The van der Waals surface area contributed by atoms with Gasteiger partial charge in [0.25, 0.3) is 0 Å². The molecule has 0 spiro atoms. The zero-order valence-corrected chi connectivity index (χ0v) is 15.1. The Kier molecular flexibility index (Phi) is 4.71. The Morgan fingerprint density at radius 2 is 1.96 bits per heavy atom. The fraction of sp³-hybridized carbons (Fsp3) is 0.800. The maximum Gasteiger partial charge on any atom is 0.0713 e. The van der Waals surface area contributed by atoms with Gasteiger partial charge in [-0.15, -0.1) is 0 Å². The van der Waals surface area contributed by atoms with E-state index in [0.717, 1.165) is 24.0 Å². The first-order valence-corrected chi connectivity index (χ1v) is 9.25. The number of rotatable bonds is 2.